The third kappa shape index (κ3) is 7.29. The predicted molar refractivity (Wildman–Crippen MR) is 95.1 cm³/mol. The number of pyridine rings is 1. The van der Waals surface area contributed by atoms with Gasteiger partial charge in [-0.3, -0.25) is 0 Å². The number of hydrogen-bond acceptors (Lipinski definition) is 7. The molecule has 0 aromatic carbocycles. The Bertz CT molecular complexity index is 774. The van der Waals surface area contributed by atoms with Gasteiger partial charge in [-0.1, -0.05) is 6.07 Å². The van der Waals surface area contributed by atoms with Gasteiger partial charge in [0, 0.05) is 32.0 Å². The maximum atomic E-state index is 13.0. The van der Waals surface area contributed by atoms with E-state index in [-0.39, 0.29) is 18.2 Å². The Kier molecular flexibility index (Phi) is 7.88. The van der Waals surface area contributed by atoms with Crippen molar-refractivity contribution in [2.24, 2.45) is 0 Å². The summed E-state index contributed by atoms with van der Waals surface area (Å²) in [4.78, 5) is 10.7. The van der Waals surface area contributed by atoms with Crippen molar-refractivity contribution in [1.29, 1.82) is 0 Å². The van der Waals surface area contributed by atoms with Crippen LogP contribution in [0.15, 0.2) is 24.4 Å². The highest BCUT2D eigenvalue weighted by atomic mass is 19.4. The third-order valence-electron chi connectivity index (χ3n) is 3.54. The lowest BCUT2D eigenvalue weighted by Crippen LogP contribution is -2.25. The van der Waals surface area contributed by atoms with Gasteiger partial charge in [-0.25, -0.2) is 23.7 Å². The molecular formula is C17H20F5N5O2. The average molecular weight is 421 g/mol. The van der Waals surface area contributed by atoms with Crippen LogP contribution >= 0.6 is 0 Å². The molecule has 1 atom stereocenters. The molecule has 2 rings (SSSR count). The fourth-order valence-corrected chi connectivity index (χ4v) is 2.06. The van der Waals surface area contributed by atoms with E-state index in [1.807, 2.05) is 0 Å². The molecule has 1 unspecified atom stereocenters. The number of aromatic nitrogens is 3. The van der Waals surface area contributed by atoms with Gasteiger partial charge >= 0.3 is 6.18 Å². The molecule has 0 amide bonds. The van der Waals surface area contributed by atoms with Crippen LogP contribution in [0.4, 0.5) is 33.6 Å². The molecule has 29 heavy (non-hydrogen) atoms. The molecule has 160 valence electrons. The first-order valence-electron chi connectivity index (χ1n) is 8.50. The Labute approximate surface area is 163 Å². The lowest BCUT2D eigenvalue weighted by atomic mass is 10.3. The van der Waals surface area contributed by atoms with Crippen LogP contribution in [-0.2, 0) is 17.5 Å². The van der Waals surface area contributed by atoms with Gasteiger partial charge in [0.25, 0.3) is 6.43 Å². The molecular weight excluding hydrogens is 401 g/mol. The van der Waals surface area contributed by atoms with Gasteiger partial charge in [0.05, 0.1) is 12.6 Å². The lowest BCUT2D eigenvalue weighted by Gasteiger charge is -2.16. The summed E-state index contributed by atoms with van der Waals surface area (Å²) < 4.78 is 74.6. The topological polar surface area (TPSA) is 81.2 Å². The van der Waals surface area contributed by atoms with E-state index in [1.165, 1.54) is 13.3 Å². The van der Waals surface area contributed by atoms with Crippen molar-refractivity contribution in [1.82, 2.24) is 15.0 Å². The van der Waals surface area contributed by atoms with Gasteiger partial charge in [0.2, 0.25) is 11.7 Å². The predicted octanol–water partition coefficient (Wildman–Crippen LogP) is 3.59. The van der Waals surface area contributed by atoms with Gasteiger partial charge in [-0.2, -0.15) is 13.2 Å². The number of ether oxygens (including phenoxy) is 2. The van der Waals surface area contributed by atoms with Gasteiger partial charge < -0.3 is 20.1 Å². The summed E-state index contributed by atoms with van der Waals surface area (Å²) >= 11 is 0. The van der Waals surface area contributed by atoms with Crippen molar-refractivity contribution < 1.29 is 31.4 Å². The van der Waals surface area contributed by atoms with Crippen LogP contribution in [0.2, 0.25) is 0 Å². The van der Waals surface area contributed by atoms with Crippen LogP contribution in [0.25, 0.3) is 0 Å². The molecule has 0 saturated heterocycles. The molecule has 2 aromatic rings. The fraction of sp³-hybridized carbons (Fsp3) is 0.471. The van der Waals surface area contributed by atoms with E-state index in [1.54, 1.807) is 12.1 Å². The van der Waals surface area contributed by atoms with Crippen molar-refractivity contribution in [2.75, 3.05) is 31.0 Å². The van der Waals surface area contributed by atoms with E-state index >= 15 is 0 Å². The molecule has 2 aromatic heterocycles. The molecule has 7 nitrogen and oxygen atoms in total. The minimum absolute atomic E-state index is 0.101. The number of anilines is 2. The number of nitrogens with one attached hydrogen (secondary N) is 2. The summed E-state index contributed by atoms with van der Waals surface area (Å²) in [7, 11) is 1.54. The Morgan fingerprint density at radius 2 is 1.83 bits per heavy atom. The van der Waals surface area contributed by atoms with Gasteiger partial charge in [-0.05, 0) is 12.5 Å². The van der Waals surface area contributed by atoms with Crippen molar-refractivity contribution in [3.05, 3.63) is 35.8 Å². The van der Waals surface area contributed by atoms with Crippen molar-refractivity contribution in [2.45, 2.75) is 32.1 Å². The first-order chi connectivity index (χ1) is 13.7. The van der Waals surface area contributed by atoms with E-state index in [2.05, 4.69) is 25.6 Å². The lowest BCUT2D eigenvalue weighted by molar-refractivity contribution is -0.144. The second-order valence-electron chi connectivity index (χ2n) is 5.93. The molecule has 2 N–H and O–H groups in total. The SMILES string of the molecule is COCCOc1ccc(CNc2cc(NC(C)C(F)F)nc(C(F)(F)F)n2)cn1. The molecule has 0 bridgehead atoms. The minimum Gasteiger partial charge on any atom is -0.475 e. The summed E-state index contributed by atoms with van der Waals surface area (Å²) in [5, 5.41) is 4.95. The van der Waals surface area contributed by atoms with Crippen molar-refractivity contribution in [3.63, 3.8) is 0 Å². The smallest absolute Gasteiger partial charge is 0.451 e. The zero-order chi connectivity index (χ0) is 21.4. The highest BCUT2D eigenvalue weighted by Gasteiger charge is 2.35. The summed E-state index contributed by atoms with van der Waals surface area (Å²) in [6.45, 7) is 1.97. The van der Waals surface area contributed by atoms with Crippen molar-refractivity contribution >= 4 is 11.6 Å². The van der Waals surface area contributed by atoms with E-state index < -0.39 is 24.5 Å². The number of halogens is 5. The van der Waals surface area contributed by atoms with Crippen LogP contribution < -0.4 is 15.4 Å². The molecule has 2 heterocycles. The Hall–Kier alpha value is -2.76. The largest absolute Gasteiger partial charge is 0.475 e. The zero-order valence-electron chi connectivity index (χ0n) is 15.6. The second-order valence-corrected chi connectivity index (χ2v) is 5.93. The fourth-order valence-electron chi connectivity index (χ4n) is 2.06. The Balaban J connectivity index is 2.08. The summed E-state index contributed by atoms with van der Waals surface area (Å²) in [6.07, 6.45) is -6.12. The zero-order valence-corrected chi connectivity index (χ0v) is 15.6. The van der Waals surface area contributed by atoms with Crippen LogP contribution in [-0.4, -0.2) is 47.7 Å². The molecule has 0 aliphatic carbocycles. The average Bonchev–Trinajstić information content (AvgIpc) is 2.66. The van der Waals surface area contributed by atoms with Crippen LogP contribution in [0, 0.1) is 0 Å². The summed E-state index contributed by atoms with van der Waals surface area (Å²) in [6, 6.07) is 3.02. The first kappa shape index (κ1) is 22.5. The normalized spacial score (nSPS) is 12.7. The number of rotatable bonds is 10. The maximum absolute atomic E-state index is 13.0. The summed E-state index contributed by atoms with van der Waals surface area (Å²) in [5.41, 5.74) is 0.645. The highest BCUT2D eigenvalue weighted by Crippen LogP contribution is 2.28. The highest BCUT2D eigenvalue weighted by molar-refractivity contribution is 5.48. The maximum Gasteiger partial charge on any atom is 0.451 e. The van der Waals surface area contributed by atoms with Crippen LogP contribution in [0.3, 0.4) is 0 Å². The molecule has 0 aliphatic rings. The molecule has 0 saturated carbocycles. The summed E-state index contributed by atoms with van der Waals surface area (Å²) in [5.74, 6) is -1.59. The van der Waals surface area contributed by atoms with E-state index in [9.17, 15) is 22.0 Å². The van der Waals surface area contributed by atoms with Gasteiger partial charge in [0.1, 0.15) is 18.2 Å². The van der Waals surface area contributed by atoms with Gasteiger partial charge in [-0.15, -0.1) is 0 Å². The monoisotopic (exact) mass is 421 g/mol. The van der Waals surface area contributed by atoms with Crippen LogP contribution in [0.1, 0.15) is 18.3 Å². The number of nitrogens with zero attached hydrogens (tertiary/aromatic N) is 3. The van der Waals surface area contributed by atoms with Crippen LogP contribution in [0.5, 0.6) is 5.88 Å². The molecule has 0 spiro atoms. The molecule has 0 fully saturated rings. The second kappa shape index (κ2) is 10.1. The van der Waals surface area contributed by atoms with Gasteiger partial charge in [0.15, 0.2) is 0 Å². The van der Waals surface area contributed by atoms with E-state index in [4.69, 9.17) is 9.47 Å². The Morgan fingerprint density at radius 3 is 2.41 bits per heavy atom. The van der Waals surface area contributed by atoms with E-state index in [0.29, 0.717) is 24.7 Å². The van der Waals surface area contributed by atoms with E-state index in [0.717, 1.165) is 13.0 Å². The Morgan fingerprint density at radius 1 is 1.10 bits per heavy atom. The molecule has 0 aliphatic heterocycles. The molecule has 12 heteroatoms. The standard InChI is InChI=1S/C17H20F5N5O2/c1-10(15(18)19)25-13-7-12(26-16(27-13)17(20,21)22)23-8-11-3-4-14(24-9-11)29-6-5-28-2/h3-4,7,9-10,15H,5-6,8H2,1-2H3,(H2,23,25,26,27). The third-order valence-corrected chi connectivity index (χ3v) is 3.54. The molecule has 0 radical (unpaired) electrons. The number of alkyl halides is 5. The first-order valence-corrected chi connectivity index (χ1v) is 8.50. The minimum atomic E-state index is -4.83. The quantitative estimate of drug-likeness (QED) is 0.448. The van der Waals surface area contributed by atoms with Crippen molar-refractivity contribution in [3.8, 4) is 5.88 Å². The number of methoxy groups -OCH3 is 1. The number of hydrogen-bond donors (Lipinski definition) is 2.